The highest BCUT2D eigenvalue weighted by atomic mass is 79.9. The van der Waals surface area contributed by atoms with Gasteiger partial charge in [-0.1, -0.05) is 6.07 Å². The predicted molar refractivity (Wildman–Crippen MR) is 79.7 cm³/mol. The number of amides is 1. The van der Waals surface area contributed by atoms with E-state index in [1.165, 1.54) is 14.1 Å². The molecule has 0 radical (unpaired) electrons. The normalized spacial score (nSPS) is 9.61. The van der Waals surface area contributed by atoms with E-state index in [1.807, 2.05) is 12.1 Å². The summed E-state index contributed by atoms with van der Waals surface area (Å²) in [6.07, 6.45) is -0.907. The number of hydrogen-bond acceptors (Lipinski definition) is 2. The fourth-order valence-electron chi connectivity index (χ4n) is 0.910. The zero-order valence-electron chi connectivity index (χ0n) is 11.4. The molecule has 1 aromatic carbocycles. The average molecular weight is 322 g/mol. The van der Waals surface area contributed by atoms with Crippen LogP contribution in [0.15, 0.2) is 24.3 Å². The molecule has 0 bridgehead atoms. The molecule has 18 heavy (non-hydrogen) atoms. The van der Waals surface area contributed by atoms with Crippen molar-refractivity contribution in [3.05, 3.63) is 24.3 Å². The molecule has 0 fully saturated rings. The van der Waals surface area contributed by atoms with Crippen LogP contribution in [0, 0.1) is 0 Å². The first-order chi connectivity index (χ1) is 7.64. The molecule has 0 atom stereocenters. The van der Waals surface area contributed by atoms with Gasteiger partial charge in [-0.25, -0.2) is 4.79 Å². The van der Waals surface area contributed by atoms with E-state index in [9.17, 15) is 4.79 Å². The summed E-state index contributed by atoms with van der Waals surface area (Å²) in [5.41, 5.74) is 1.10. The van der Waals surface area contributed by atoms with Gasteiger partial charge in [-0.3, -0.25) is 4.48 Å². The molecule has 5 nitrogen and oxygen atoms in total. The van der Waals surface area contributed by atoms with Crippen LogP contribution in [0.4, 0.5) is 10.5 Å². The Kier molecular flexibility index (Phi) is 8.42. The molecule has 1 rings (SSSR count). The summed E-state index contributed by atoms with van der Waals surface area (Å²) in [6.45, 7) is 0. The maximum Gasteiger partial charge on any atom is 0.406 e. The van der Waals surface area contributed by atoms with Crippen LogP contribution in [-0.2, 0) is 0 Å². The molecule has 2 N–H and O–H groups in total. The van der Waals surface area contributed by atoms with Crippen molar-refractivity contribution >= 4 is 28.8 Å². The van der Waals surface area contributed by atoms with Crippen LogP contribution in [-0.4, -0.2) is 56.4 Å². The molecule has 0 aliphatic heterocycles. The second-order valence-corrected chi connectivity index (χ2v) is 4.71. The highest BCUT2D eigenvalue weighted by Gasteiger charge is 2.11. The second kappa shape index (κ2) is 7.94. The van der Waals surface area contributed by atoms with Crippen LogP contribution >= 0.6 is 17.0 Å². The van der Waals surface area contributed by atoms with Crippen LogP contribution in [0.2, 0.25) is 0 Å². The number of quaternary nitrogens is 1. The minimum Gasteiger partial charge on any atom is -0.508 e. The van der Waals surface area contributed by atoms with E-state index in [0.717, 1.165) is 15.1 Å². The van der Waals surface area contributed by atoms with Gasteiger partial charge in [0.15, 0.2) is 0 Å². The summed E-state index contributed by atoms with van der Waals surface area (Å²) < 4.78 is 0.731. The third kappa shape index (κ3) is 7.92. The highest BCUT2D eigenvalue weighted by Crippen LogP contribution is 2.21. The molecule has 0 heterocycles. The quantitative estimate of drug-likeness (QED) is 0.781. The number of rotatable bonds is 1. The van der Waals surface area contributed by atoms with E-state index < -0.39 is 6.09 Å². The standard InChI is InChI=1S/C9H13NO.C3H7NO2.BrH/c1-10(2,3)8-5-4-6-9(11)7-8;1-4(2)3(5)6;/h4-7H,1-3H3;1-2H3,(H,5,6);1H/p+1. The van der Waals surface area contributed by atoms with E-state index in [2.05, 4.69) is 21.1 Å². The number of carbonyl (C=O) groups is 1. The van der Waals surface area contributed by atoms with Gasteiger partial charge in [0.1, 0.15) is 11.4 Å². The molecule has 6 heteroatoms. The van der Waals surface area contributed by atoms with Gasteiger partial charge < -0.3 is 15.1 Å². The summed E-state index contributed by atoms with van der Waals surface area (Å²) in [4.78, 5) is 10.7. The van der Waals surface area contributed by atoms with E-state index in [4.69, 9.17) is 10.2 Å². The number of phenols is 1. The van der Waals surface area contributed by atoms with Gasteiger partial charge >= 0.3 is 6.09 Å². The monoisotopic (exact) mass is 321 g/mol. The van der Waals surface area contributed by atoms with Crippen molar-refractivity contribution in [2.24, 2.45) is 0 Å². The third-order valence-corrected chi connectivity index (χ3v) is 1.99. The van der Waals surface area contributed by atoms with Gasteiger partial charge in [0.2, 0.25) is 0 Å². The Morgan fingerprint density at radius 1 is 1.22 bits per heavy atom. The van der Waals surface area contributed by atoms with Crippen LogP contribution in [0.5, 0.6) is 5.75 Å². The van der Waals surface area contributed by atoms with Crippen LogP contribution in [0.3, 0.4) is 0 Å². The Balaban J connectivity index is 0. The van der Waals surface area contributed by atoms with E-state index >= 15 is 0 Å². The number of nitrogens with zero attached hydrogens (tertiary/aromatic N) is 2. The lowest BCUT2D eigenvalue weighted by Gasteiger charge is -2.23. The van der Waals surface area contributed by atoms with E-state index in [1.54, 1.807) is 12.1 Å². The molecule has 0 unspecified atom stereocenters. The molecule has 1 aromatic rings. The zero-order chi connectivity index (χ0) is 13.6. The lowest BCUT2D eigenvalue weighted by molar-refractivity contribution is 0.165. The lowest BCUT2D eigenvalue weighted by atomic mass is 10.2. The predicted octanol–water partition coefficient (Wildman–Crippen LogP) is 2.39. The molecule has 1 amide bonds. The Bertz CT molecular complexity index is 376. The first kappa shape index (κ1) is 19.1. The number of halogens is 1. The van der Waals surface area contributed by atoms with Crippen molar-refractivity contribution < 1.29 is 15.0 Å². The molecule has 0 aromatic heterocycles. The van der Waals surface area contributed by atoms with Gasteiger partial charge in [0.05, 0.1) is 21.1 Å². The molecular weight excluding hydrogens is 300 g/mol. The topological polar surface area (TPSA) is 60.8 Å². The zero-order valence-corrected chi connectivity index (χ0v) is 13.1. The Labute approximate surface area is 119 Å². The van der Waals surface area contributed by atoms with Crippen molar-refractivity contribution in [3.63, 3.8) is 0 Å². The first-order valence-electron chi connectivity index (χ1n) is 5.16. The highest BCUT2D eigenvalue weighted by molar-refractivity contribution is 8.93. The minimum absolute atomic E-state index is 0. The average Bonchev–Trinajstić information content (AvgIpc) is 2.17. The fraction of sp³-hybridized carbons (Fsp3) is 0.417. The molecule has 0 saturated carbocycles. The summed E-state index contributed by atoms with van der Waals surface area (Å²) in [5, 5.41) is 17.1. The molecule has 0 spiro atoms. The van der Waals surface area contributed by atoms with Crippen LogP contribution in [0.1, 0.15) is 0 Å². The number of phenolic OH excluding ortho intramolecular Hbond substituents is 1. The summed E-state index contributed by atoms with van der Waals surface area (Å²) in [5.74, 6) is 0.329. The minimum atomic E-state index is -0.907. The van der Waals surface area contributed by atoms with Crippen molar-refractivity contribution in [1.29, 1.82) is 0 Å². The largest absolute Gasteiger partial charge is 0.508 e. The van der Waals surface area contributed by atoms with Crippen molar-refractivity contribution in [1.82, 2.24) is 9.38 Å². The SMILES string of the molecule is Br.CN(C)C(=O)O.C[N+](C)(C)c1cccc(O)c1. The molecule has 0 aliphatic rings. The van der Waals surface area contributed by atoms with Crippen LogP contribution < -0.4 is 4.48 Å². The van der Waals surface area contributed by atoms with Gasteiger partial charge in [0.25, 0.3) is 0 Å². The van der Waals surface area contributed by atoms with Crippen molar-refractivity contribution in [3.8, 4) is 5.75 Å². The Morgan fingerprint density at radius 2 is 1.67 bits per heavy atom. The number of benzene rings is 1. The molecular formula is C12H22BrN2O3+. The van der Waals surface area contributed by atoms with Gasteiger partial charge in [-0.05, 0) is 12.1 Å². The smallest absolute Gasteiger partial charge is 0.406 e. The molecule has 104 valence electrons. The van der Waals surface area contributed by atoms with Gasteiger partial charge in [-0.15, -0.1) is 17.0 Å². The summed E-state index contributed by atoms with van der Waals surface area (Å²) in [6, 6.07) is 7.31. The number of hydrogen-bond donors (Lipinski definition) is 2. The van der Waals surface area contributed by atoms with Crippen molar-refractivity contribution in [2.45, 2.75) is 0 Å². The summed E-state index contributed by atoms with van der Waals surface area (Å²) in [7, 11) is 9.14. The third-order valence-electron chi connectivity index (χ3n) is 1.99. The van der Waals surface area contributed by atoms with Gasteiger partial charge in [-0.2, -0.15) is 0 Å². The van der Waals surface area contributed by atoms with E-state index in [-0.39, 0.29) is 17.0 Å². The maximum absolute atomic E-state index is 9.62. The van der Waals surface area contributed by atoms with Crippen LogP contribution in [0.25, 0.3) is 0 Å². The summed E-state index contributed by atoms with van der Waals surface area (Å²) >= 11 is 0. The first-order valence-corrected chi connectivity index (χ1v) is 5.16. The number of carboxylic acid groups (broad SMARTS) is 1. The Hall–Kier alpha value is -1.27. The second-order valence-electron chi connectivity index (χ2n) is 4.71. The molecule has 0 aliphatic carbocycles. The van der Waals surface area contributed by atoms with Crippen molar-refractivity contribution in [2.75, 3.05) is 35.2 Å². The number of aromatic hydroxyl groups is 1. The Morgan fingerprint density at radius 3 is 1.89 bits per heavy atom. The fourth-order valence-corrected chi connectivity index (χ4v) is 0.910. The molecule has 0 saturated heterocycles. The van der Waals surface area contributed by atoms with Gasteiger partial charge in [0, 0.05) is 20.2 Å². The maximum atomic E-state index is 9.62. The lowest BCUT2D eigenvalue weighted by Crippen LogP contribution is -2.34. The van der Waals surface area contributed by atoms with E-state index in [0.29, 0.717) is 5.75 Å².